The maximum absolute atomic E-state index is 11.6. The van der Waals surface area contributed by atoms with Gasteiger partial charge in [-0.1, -0.05) is 0 Å². The molecule has 0 saturated heterocycles. The van der Waals surface area contributed by atoms with Crippen molar-refractivity contribution in [2.24, 2.45) is 0 Å². The van der Waals surface area contributed by atoms with Crippen LogP contribution in [0.5, 0.6) is 0 Å². The Labute approximate surface area is 82.0 Å². The van der Waals surface area contributed by atoms with Gasteiger partial charge < -0.3 is 0 Å². The molecule has 2 N–H and O–H groups in total. The average Bonchev–Trinajstić information content (AvgIpc) is 2.51. The minimum atomic E-state index is -3.63. The van der Waals surface area contributed by atoms with E-state index in [1.807, 2.05) is 0 Å². The summed E-state index contributed by atoms with van der Waals surface area (Å²) in [7, 11) is -3.63. The molecule has 0 aromatic carbocycles. The molecule has 0 amide bonds. The Morgan fingerprint density at radius 3 is 2.79 bits per heavy atom. The van der Waals surface area contributed by atoms with Crippen molar-refractivity contribution in [3.63, 3.8) is 0 Å². The number of aromatic nitrogens is 2. The van der Waals surface area contributed by atoms with Crippen LogP contribution in [0.25, 0.3) is 0 Å². The molecule has 0 bridgehead atoms. The lowest BCUT2D eigenvalue weighted by atomic mass is 10.4. The number of aromatic amines is 1. The zero-order valence-corrected chi connectivity index (χ0v) is 8.59. The number of nitrogens with one attached hydrogen (secondary N) is 2. The standard InChI is InChI=1S/C7H10N4O2S/c1-5(3-8)11-14(12,13)7-4-9-10-6(7)2/h4-5,11H,1-2H3,(H,9,10). The lowest BCUT2D eigenvalue weighted by molar-refractivity contribution is 0.576. The molecule has 0 radical (unpaired) electrons. The fourth-order valence-corrected chi connectivity index (χ4v) is 2.22. The molecule has 0 aliphatic rings. The van der Waals surface area contributed by atoms with Crippen molar-refractivity contribution < 1.29 is 8.42 Å². The van der Waals surface area contributed by atoms with Crippen molar-refractivity contribution in [1.29, 1.82) is 5.26 Å². The van der Waals surface area contributed by atoms with Crippen LogP contribution in [-0.2, 0) is 10.0 Å². The number of hydrogen-bond donors (Lipinski definition) is 2. The lowest BCUT2D eigenvalue weighted by Gasteiger charge is -2.05. The molecule has 0 fully saturated rings. The third kappa shape index (κ3) is 2.10. The van der Waals surface area contributed by atoms with E-state index >= 15 is 0 Å². The molecule has 0 spiro atoms. The van der Waals surface area contributed by atoms with Crippen LogP contribution in [-0.4, -0.2) is 24.7 Å². The highest BCUT2D eigenvalue weighted by atomic mass is 32.2. The van der Waals surface area contributed by atoms with Gasteiger partial charge in [0.25, 0.3) is 0 Å². The van der Waals surface area contributed by atoms with E-state index in [4.69, 9.17) is 5.26 Å². The molecule has 0 saturated carbocycles. The molecule has 76 valence electrons. The van der Waals surface area contributed by atoms with Gasteiger partial charge in [0.05, 0.1) is 18.0 Å². The van der Waals surface area contributed by atoms with Gasteiger partial charge in [0.1, 0.15) is 10.9 Å². The van der Waals surface area contributed by atoms with E-state index in [9.17, 15) is 8.42 Å². The minimum Gasteiger partial charge on any atom is -0.281 e. The van der Waals surface area contributed by atoms with E-state index in [0.717, 1.165) is 0 Å². The molecule has 1 atom stereocenters. The van der Waals surface area contributed by atoms with Gasteiger partial charge in [0.2, 0.25) is 10.0 Å². The Bertz CT molecular complexity index is 456. The summed E-state index contributed by atoms with van der Waals surface area (Å²) in [6.45, 7) is 3.06. The number of aryl methyl sites for hydroxylation is 1. The molecule has 0 aliphatic carbocycles. The highest BCUT2D eigenvalue weighted by Gasteiger charge is 2.20. The molecule has 1 rings (SSSR count). The van der Waals surface area contributed by atoms with E-state index in [0.29, 0.717) is 5.69 Å². The second-order valence-corrected chi connectivity index (χ2v) is 4.51. The normalized spacial score (nSPS) is 13.5. The summed E-state index contributed by atoms with van der Waals surface area (Å²) in [5.74, 6) is 0. The number of hydrogen-bond acceptors (Lipinski definition) is 4. The third-order valence-electron chi connectivity index (χ3n) is 1.60. The topological polar surface area (TPSA) is 98.6 Å². The fourth-order valence-electron chi connectivity index (χ4n) is 0.933. The molecule has 1 aromatic rings. The molecule has 1 unspecified atom stereocenters. The van der Waals surface area contributed by atoms with Gasteiger partial charge in [0, 0.05) is 0 Å². The predicted octanol–water partition coefficient (Wildman–Crippen LogP) is -0.0915. The molecule has 7 heteroatoms. The maximum Gasteiger partial charge on any atom is 0.245 e. The number of sulfonamides is 1. The zero-order valence-electron chi connectivity index (χ0n) is 7.77. The quantitative estimate of drug-likeness (QED) is 0.734. The number of nitriles is 1. The van der Waals surface area contributed by atoms with Crippen molar-refractivity contribution in [1.82, 2.24) is 14.9 Å². The van der Waals surface area contributed by atoms with Crippen LogP contribution >= 0.6 is 0 Å². The van der Waals surface area contributed by atoms with Crippen LogP contribution in [0.3, 0.4) is 0 Å². The van der Waals surface area contributed by atoms with Crippen molar-refractivity contribution in [3.05, 3.63) is 11.9 Å². The van der Waals surface area contributed by atoms with Gasteiger partial charge in [0.15, 0.2) is 0 Å². The van der Waals surface area contributed by atoms with Gasteiger partial charge in [-0.2, -0.15) is 15.1 Å². The van der Waals surface area contributed by atoms with Crippen LogP contribution < -0.4 is 4.72 Å². The Kier molecular flexibility index (Phi) is 2.88. The van der Waals surface area contributed by atoms with Gasteiger partial charge in [-0.15, -0.1) is 0 Å². The van der Waals surface area contributed by atoms with Gasteiger partial charge in [-0.05, 0) is 13.8 Å². The first-order valence-corrected chi connectivity index (χ1v) is 5.37. The predicted molar refractivity (Wildman–Crippen MR) is 48.7 cm³/mol. The second kappa shape index (κ2) is 3.77. The summed E-state index contributed by atoms with van der Waals surface area (Å²) in [6, 6.07) is 1.03. The monoisotopic (exact) mass is 214 g/mol. The van der Waals surface area contributed by atoms with E-state index in [1.54, 1.807) is 13.0 Å². The SMILES string of the molecule is Cc1[nH]ncc1S(=O)(=O)NC(C)C#N. The summed E-state index contributed by atoms with van der Waals surface area (Å²) in [5, 5.41) is 14.6. The summed E-state index contributed by atoms with van der Waals surface area (Å²) < 4.78 is 25.3. The summed E-state index contributed by atoms with van der Waals surface area (Å²) >= 11 is 0. The summed E-state index contributed by atoms with van der Waals surface area (Å²) in [6.07, 6.45) is 1.21. The van der Waals surface area contributed by atoms with Crippen molar-refractivity contribution >= 4 is 10.0 Å². The molecule has 6 nitrogen and oxygen atoms in total. The van der Waals surface area contributed by atoms with E-state index in [2.05, 4.69) is 14.9 Å². The molecular formula is C7H10N4O2S. The third-order valence-corrected chi connectivity index (χ3v) is 3.25. The number of rotatable bonds is 3. The molecular weight excluding hydrogens is 204 g/mol. The fraction of sp³-hybridized carbons (Fsp3) is 0.429. The van der Waals surface area contributed by atoms with Crippen LogP contribution in [0.2, 0.25) is 0 Å². The largest absolute Gasteiger partial charge is 0.281 e. The molecule has 1 heterocycles. The molecule has 0 aliphatic heterocycles. The minimum absolute atomic E-state index is 0.0691. The van der Waals surface area contributed by atoms with Crippen LogP contribution in [0.1, 0.15) is 12.6 Å². The summed E-state index contributed by atoms with van der Waals surface area (Å²) in [5.41, 5.74) is 0.447. The molecule has 1 aromatic heterocycles. The zero-order chi connectivity index (χ0) is 10.8. The van der Waals surface area contributed by atoms with E-state index in [1.165, 1.54) is 13.1 Å². The van der Waals surface area contributed by atoms with Crippen molar-refractivity contribution in [2.75, 3.05) is 0 Å². The van der Waals surface area contributed by atoms with Crippen LogP contribution in [0.4, 0.5) is 0 Å². The van der Waals surface area contributed by atoms with E-state index in [-0.39, 0.29) is 4.90 Å². The molecule has 14 heavy (non-hydrogen) atoms. The highest BCUT2D eigenvalue weighted by Crippen LogP contribution is 2.10. The first-order valence-electron chi connectivity index (χ1n) is 3.89. The Morgan fingerprint density at radius 1 is 1.71 bits per heavy atom. The maximum atomic E-state index is 11.6. The van der Waals surface area contributed by atoms with Crippen molar-refractivity contribution in [2.45, 2.75) is 24.8 Å². The lowest BCUT2D eigenvalue weighted by Crippen LogP contribution is -2.31. The average molecular weight is 214 g/mol. The van der Waals surface area contributed by atoms with Gasteiger partial charge in [-0.3, -0.25) is 5.10 Å². The number of H-pyrrole nitrogens is 1. The highest BCUT2D eigenvalue weighted by molar-refractivity contribution is 7.89. The van der Waals surface area contributed by atoms with Gasteiger partial charge in [-0.25, -0.2) is 8.42 Å². The van der Waals surface area contributed by atoms with Crippen LogP contribution in [0.15, 0.2) is 11.1 Å². The van der Waals surface area contributed by atoms with Crippen LogP contribution in [0, 0.1) is 18.3 Å². The Balaban J connectivity index is 3.00. The summed E-state index contributed by atoms with van der Waals surface area (Å²) in [4.78, 5) is 0.0691. The first-order chi connectivity index (χ1) is 6.47. The Hall–Kier alpha value is -1.39. The van der Waals surface area contributed by atoms with Crippen molar-refractivity contribution in [3.8, 4) is 6.07 Å². The smallest absolute Gasteiger partial charge is 0.245 e. The second-order valence-electron chi connectivity index (χ2n) is 2.83. The van der Waals surface area contributed by atoms with E-state index < -0.39 is 16.1 Å². The number of nitrogens with zero attached hydrogens (tertiary/aromatic N) is 2. The first kappa shape index (κ1) is 10.7. The Morgan fingerprint density at radius 2 is 2.36 bits per heavy atom. The van der Waals surface area contributed by atoms with Gasteiger partial charge >= 0.3 is 0 Å².